The number of nitrogens with one attached hydrogen (secondary N) is 2. The van der Waals surface area contributed by atoms with Gasteiger partial charge in [0.25, 0.3) is 0 Å². The van der Waals surface area contributed by atoms with Gasteiger partial charge in [-0.05, 0) is 30.9 Å². The second-order valence-corrected chi connectivity index (χ2v) is 5.58. The second kappa shape index (κ2) is 7.89. The third-order valence-electron chi connectivity index (χ3n) is 3.70. The van der Waals surface area contributed by atoms with Crippen LogP contribution in [0, 0.1) is 11.6 Å². The molecular weight excluding hydrogens is 304 g/mol. The van der Waals surface area contributed by atoms with Gasteiger partial charge in [0.15, 0.2) is 0 Å². The zero-order chi connectivity index (χ0) is 16.8. The highest BCUT2D eigenvalue weighted by atomic mass is 19.1. The van der Waals surface area contributed by atoms with E-state index >= 15 is 0 Å². The van der Waals surface area contributed by atoms with Gasteiger partial charge in [0.05, 0.1) is 12.2 Å². The maximum absolute atomic E-state index is 14.0. The predicted molar refractivity (Wildman–Crippen MR) is 83.3 cm³/mol. The van der Waals surface area contributed by atoms with Gasteiger partial charge in [-0.1, -0.05) is 13.3 Å². The van der Waals surface area contributed by atoms with Crippen LogP contribution >= 0.6 is 0 Å². The minimum atomic E-state index is -0.681. The number of carbonyl (C=O) groups is 2. The van der Waals surface area contributed by atoms with Crippen molar-refractivity contribution in [3.8, 4) is 0 Å². The molecule has 0 bridgehead atoms. The molecular formula is C16H21F2N3O2. The van der Waals surface area contributed by atoms with Crippen molar-refractivity contribution in [2.45, 2.75) is 32.6 Å². The Kier molecular flexibility index (Phi) is 5.90. The first-order valence-corrected chi connectivity index (χ1v) is 7.81. The first-order valence-electron chi connectivity index (χ1n) is 7.81. The SMILES string of the molecule is CCCCNC(=O)NC(=O)CN1CCCc2cc(F)cc(F)c21. The van der Waals surface area contributed by atoms with Crippen molar-refractivity contribution < 1.29 is 18.4 Å². The number of halogens is 2. The Morgan fingerprint density at radius 1 is 1.30 bits per heavy atom. The van der Waals surface area contributed by atoms with E-state index in [4.69, 9.17) is 0 Å². The Morgan fingerprint density at radius 2 is 2.09 bits per heavy atom. The molecule has 1 heterocycles. The van der Waals surface area contributed by atoms with Gasteiger partial charge in [0.2, 0.25) is 5.91 Å². The van der Waals surface area contributed by atoms with Crippen LogP contribution in [0.5, 0.6) is 0 Å². The van der Waals surface area contributed by atoms with Crippen molar-refractivity contribution in [2.75, 3.05) is 24.5 Å². The third kappa shape index (κ3) is 4.64. The monoisotopic (exact) mass is 325 g/mol. The number of anilines is 1. The summed E-state index contributed by atoms with van der Waals surface area (Å²) in [5.74, 6) is -1.82. The number of rotatable bonds is 5. The van der Waals surface area contributed by atoms with Gasteiger partial charge in [-0.3, -0.25) is 10.1 Å². The highest BCUT2D eigenvalue weighted by Crippen LogP contribution is 2.30. The standard InChI is InChI=1S/C16H21F2N3O2/c1-2-3-6-19-16(23)20-14(22)10-21-7-4-5-11-8-12(17)9-13(18)15(11)21/h8-9H,2-7,10H2,1H3,(H2,19,20,22,23). The van der Waals surface area contributed by atoms with E-state index < -0.39 is 23.6 Å². The lowest BCUT2D eigenvalue weighted by molar-refractivity contribution is -0.118. The molecule has 0 aromatic heterocycles. The minimum Gasteiger partial charge on any atom is -0.360 e. The van der Waals surface area contributed by atoms with Crippen molar-refractivity contribution in [2.24, 2.45) is 0 Å². The molecule has 0 saturated carbocycles. The Hall–Kier alpha value is -2.18. The maximum Gasteiger partial charge on any atom is 0.321 e. The van der Waals surface area contributed by atoms with Gasteiger partial charge < -0.3 is 10.2 Å². The van der Waals surface area contributed by atoms with E-state index in [1.54, 1.807) is 4.90 Å². The summed E-state index contributed by atoms with van der Waals surface area (Å²) in [7, 11) is 0. The molecule has 1 aliphatic rings. The Morgan fingerprint density at radius 3 is 2.83 bits per heavy atom. The maximum atomic E-state index is 14.0. The fraction of sp³-hybridized carbons (Fsp3) is 0.500. The molecule has 0 radical (unpaired) electrons. The number of amides is 3. The number of unbranched alkanes of at least 4 members (excludes halogenated alkanes) is 1. The molecule has 2 rings (SSSR count). The number of urea groups is 1. The lowest BCUT2D eigenvalue weighted by atomic mass is 10.0. The summed E-state index contributed by atoms with van der Waals surface area (Å²) in [6, 6.07) is 1.55. The lowest BCUT2D eigenvalue weighted by Gasteiger charge is -2.31. The Bertz CT molecular complexity index is 593. The first-order chi connectivity index (χ1) is 11.0. The van der Waals surface area contributed by atoms with Crippen LogP contribution in [0.15, 0.2) is 12.1 Å². The van der Waals surface area contributed by atoms with Crippen LogP contribution in [-0.4, -0.2) is 31.6 Å². The van der Waals surface area contributed by atoms with Crippen molar-refractivity contribution in [3.05, 3.63) is 29.3 Å². The molecule has 0 atom stereocenters. The Balaban J connectivity index is 1.97. The summed E-state index contributed by atoms with van der Waals surface area (Å²) in [5.41, 5.74) is 0.799. The summed E-state index contributed by atoms with van der Waals surface area (Å²) in [5, 5.41) is 4.80. The molecule has 1 aromatic carbocycles. The quantitative estimate of drug-likeness (QED) is 0.817. The van der Waals surface area contributed by atoms with E-state index in [1.165, 1.54) is 6.07 Å². The first kappa shape index (κ1) is 17.2. The number of imide groups is 1. The van der Waals surface area contributed by atoms with E-state index in [9.17, 15) is 18.4 Å². The van der Waals surface area contributed by atoms with E-state index in [-0.39, 0.29) is 12.2 Å². The third-order valence-corrected chi connectivity index (χ3v) is 3.70. The molecule has 2 N–H and O–H groups in total. The van der Waals surface area contributed by atoms with E-state index in [2.05, 4.69) is 10.6 Å². The fourth-order valence-corrected chi connectivity index (χ4v) is 2.66. The van der Waals surface area contributed by atoms with Crippen LogP contribution in [0.4, 0.5) is 19.3 Å². The molecule has 0 unspecified atom stereocenters. The summed E-state index contributed by atoms with van der Waals surface area (Å²) >= 11 is 0. The molecule has 7 heteroatoms. The summed E-state index contributed by atoms with van der Waals surface area (Å²) in [6.07, 6.45) is 3.04. The van der Waals surface area contributed by atoms with Crippen LogP contribution in [0.2, 0.25) is 0 Å². The predicted octanol–water partition coefficient (Wildman–Crippen LogP) is 2.34. The fourth-order valence-electron chi connectivity index (χ4n) is 2.66. The highest BCUT2D eigenvalue weighted by Gasteiger charge is 2.24. The zero-order valence-electron chi connectivity index (χ0n) is 13.1. The molecule has 23 heavy (non-hydrogen) atoms. The van der Waals surface area contributed by atoms with Gasteiger partial charge in [-0.15, -0.1) is 0 Å². The number of hydrogen-bond acceptors (Lipinski definition) is 3. The van der Waals surface area contributed by atoms with Gasteiger partial charge in [0.1, 0.15) is 11.6 Å². The van der Waals surface area contributed by atoms with Gasteiger partial charge >= 0.3 is 6.03 Å². The molecule has 1 aliphatic heterocycles. The average molecular weight is 325 g/mol. The van der Waals surface area contributed by atoms with Gasteiger partial charge in [-0.2, -0.15) is 0 Å². The number of aryl methyl sites for hydroxylation is 1. The molecule has 0 aliphatic carbocycles. The Labute approximate surface area is 134 Å². The van der Waals surface area contributed by atoms with Crippen LogP contribution in [0.3, 0.4) is 0 Å². The number of benzene rings is 1. The van der Waals surface area contributed by atoms with Crippen molar-refractivity contribution in [3.63, 3.8) is 0 Å². The molecule has 3 amide bonds. The second-order valence-electron chi connectivity index (χ2n) is 5.58. The number of carbonyl (C=O) groups excluding carboxylic acids is 2. The van der Waals surface area contributed by atoms with Crippen molar-refractivity contribution in [1.29, 1.82) is 0 Å². The lowest BCUT2D eigenvalue weighted by Crippen LogP contribution is -2.46. The number of fused-ring (bicyclic) bond motifs is 1. The van der Waals surface area contributed by atoms with Gasteiger partial charge in [-0.25, -0.2) is 13.6 Å². The van der Waals surface area contributed by atoms with E-state index in [1.807, 2.05) is 6.92 Å². The molecule has 0 saturated heterocycles. The van der Waals surface area contributed by atoms with Crippen molar-refractivity contribution in [1.82, 2.24) is 10.6 Å². The normalized spacial score (nSPS) is 13.4. The smallest absolute Gasteiger partial charge is 0.321 e. The van der Waals surface area contributed by atoms with Crippen LogP contribution in [-0.2, 0) is 11.2 Å². The van der Waals surface area contributed by atoms with E-state index in [0.717, 1.165) is 18.9 Å². The van der Waals surface area contributed by atoms with Crippen molar-refractivity contribution >= 4 is 17.6 Å². The average Bonchev–Trinajstić information content (AvgIpc) is 2.46. The molecule has 1 aromatic rings. The summed E-state index contributed by atoms with van der Waals surface area (Å²) in [4.78, 5) is 25.0. The van der Waals surface area contributed by atoms with Crippen LogP contribution < -0.4 is 15.5 Å². The summed E-state index contributed by atoms with van der Waals surface area (Å²) < 4.78 is 27.3. The molecule has 0 fully saturated rings. The molecule has 5 nitrogen and oxygen atoms in total. The van der Waals surface area contributed by atoms with Gasteiger partial charge in [0, 0.05) is 19.2 Å². The minimum absolute atomic E-state index is 0.142. The van der Waals surface area contributed by atoms with Crippen LogP contribution in [0.1, 0.15) is 31.7 Å². The number of hydrogen-bond donors (Lipinski definition) is 2. The largest absolute Gasteiger partial charge is 0.360 e. The molecule has 126 valence electrons. The zero-order valence-corrected chi connectivity index (χ0v) is 13.1. The van der Waals surface area contributed by atoms with Crippen LogP contribution in [0.25, 0.3) is 0 Å². The van der Waals surface area contributed by atoms with E-state index in [0.29, 0.717) is 31.5 Å². The highest BCUT2D eigenvalue weighted by molar-refractivity contribution is 5.96. The number of nitrogens with zero attached hydrogens (tertiary/aromatic N) is 1. The summed E-state index contributed by atoms with van der Waals surface area (Å²) in [6.45, 7) is 2.84. The molecule has 0 spiro atoms. The topological polar surface area (TPSA) is 61.4 Å².